The van der Waals surface area contributed by atoms with Gasteiger partial charge in [0, 0.05) is 0 Å². The van der Waals surface area contributed by atoms with Crippen LogP contribution in [0.3, 0.4) is 0 Å². The molecule has 1 N–H and O–H groups in total. The van der Waals surface area contributed by atoms with Crippen molar-refractivity contribution in [3.05, 3.63) is 72.1 Å². The molecular weight excluding hydrogens is 184 g/mol. The van der Waals surface area contributed by atoms with Crippen molar-refractivity contribution in [2.75, 3.05) is 0 Å². The van der Waals surface area contributed by atoms with Crippen LogP contribution in [-0.2, 0) is 6.42 Å². The predicted molar refractivity (Wildman–Crippen MR) is 61.8 cm³/mol. The molecule has 15 heavy (non-hydrogen) atoms. The fourth-order valence-electron chi connectivity index (χ4n) is 1.59. The molecule has 0 bridgehead atoms. The highest BCUT2D eigenvalue weighted by atomic mass is 16.3. The van der Waals surface area contributed by atoms with Crippen LogP contribution in [0.25, 0.3) is 0 Å². The van der Waals surface area contributed by atoms with Gasteiger partial charge in [-0.3, -0.25) is 0 Å². The van der Waals surface area contributed by atoms with E-state index in [1.165, 1.54) is 5.56 Å². The molecule has 0 aromatic heterocycles. The third-order valence-electron chi connectivity index (χ3n) is 2.43. The molecule has 0 unspecified atom stereocenters. The van der Waals surface area contributed by atoms with Crippen LogP contribution in [0, 0.1) is 6.92 Å². The van der Waals surface area contributed by atoms with Gasteiger partial charge in [-0.05, 0) is 42.2 Å². The van der Waals surface area contributed by atoms with Crippen LogP contribution in [0.1, 0.15) is 16.7 Å². The zero-order valence-corrected chi connectivity index (χ0v) is 8.48. The van der Waals surface area contributed by atoms with E-state index in [1.807, 2.05) is 24.3 Å². The molecule has 75 valence electrons. The quantitative estimate of drug-likeness (QED) is 0.784. The maximum Gasteiger partial charge on any atom is 0.115 e. The average molecular weight is 197 g/mol. The van der Waals surface area contributed by atoms with Gasteiger partial charge >= 0.3 is 0 Å². The Kier molecular flexibility index (Phi) is 2.72. The highest BCUT2D eigenvalue weighted by Crippen LogP contribution is 2.18. The van der Waals surface area contributed by atoms with E-state index >= 15 is 0 Å². The molecule has 0 spiro atoms. The summed E-state index contributed by atoms with van der Waals surface area (Å²) in [5, 5.41) is 9.39. The Balaban J connectivity index is 2.28. The van der Waals surface area contributed by atoms with Gasteiger partial charge in [0.25, 0.3) is 0 Å². The van der Waals surface area contributed by atoms with Gasteiger partial charge in [-0.15, -0.1) is 0 Å². The van der Waals surface area contributed by atoms with E-state index in [9.17, 15) is 5.11 Å². The van der Waals surface area contributed by atoms with Gasteiger partial charge in [-0.2, -0.15) is 0 Å². The van der Waals surface area contributed by atoms with E-state index in [0.29, 0.717) is 5.75 Å². The third kappa shape index (κ3) is 2.38. The molecule has 2 aromatic rings. The van der Waals surface area contributed by atoms with Crippen molar-refractivity contribution < 1.29 is 5.11 Å². The number of rotatable bonds is 2. The Morgan fingerprint density at radius 1 is 1.00 bits per heavy atom. The van der Waals surface area contributed by atoms with E-state index in [2.05, 4.69) is 19.1 Å². The zero-order valence-electron chi connectivity index (χ0n) is 8.48. The van der Waals surface area contributed by atoms with E-state index in [0.717, 1.165) is 17.5 Å². The SMILES string of the molecule is [CH2]c1ccc(O)cc1Cc1ccccc1. The molecule has 0 aliphatic heterocycles. The topological polar surface area (TPSA) is 20.2 Å². The van der Waals surface area contributed by atoms with Crippen molar-refractivity contribution in [1.29, 1.82) is 0 Å². The lowest BCUT2D eigenvalue weighted by molar-refractivity contribution is 0.474. The van der Waals surface area contributed by atoms with Gasteiger partial charge in [-0.25, -0.2) is 0 Å². The third-order valence-corrected chi connectivity index (χ3v) is 2.43. The highest BCUT2D eigenvalue weighted by Gasteiger charge is 2.00. The molecule has 0 aliphatic rings. The summed E-state index contributed by atoms with van der Waals surface area (Å²) >= 11 is 0. The number of phenolic OH excluding ortho intramolecular Hbond substituents is 1. The van der Waals surface area contributed by atoms with Crippen molar-refractivity contribution >= 4 is 0 Å². The molecule has 0 heterocycles. The van der Waals surface area contributed by atoms with Crippen molar-refractivity contribution in [2.45, 2.75) is 6.42 Å². The van der Waals surface area contributed by atoms with Crippen molar-refractivity contribution in [3.8, 4) is 5.75 Å². The van der Waals surface area contributed by atoms with Crippen molar-refractivity contribution in [2.24, 2.45) is 0 Å². The average Bonchev–Trinajstić information content (AvgIpc) is 2.25. The Hall–Kier alpha value is -1.76. The van der Waals surface area contributed by atoms with Gasteiger partial charge in [0.1, 0.15) is 5.75 Å². The van der Waals surface area contributed by atoms with Crippen LogP contribution in [0.5, 0.6) is 5.75 Å². The molecule has 0 aliphatic carbocycles. The number of aromatic hydroxyl groups is 1. The Morgan fingerprint density at radius 3 is 2.47 bits per heavy atom. The lowest BCUT2D eigenvalue weighted by Crippen LogP contribution is -1.90. The van der Waals surface area contributed by atoms with Crippen LogP contribution >= 0.6 is 0 Å². The second-order valence-electron chi connectivity index (χ2n) is 3.62. The first-order valence-electron chi connectivity index (χ1n) is 4.93. The van der Waals surface area contributed by atoms with E-state index in [1.54, 1.807) is 12.1 Å². The second kappa shape index (κ2) is 4.18. The fraction of sp³-hybridized carbons (Fsp3) is 0.0714. The second-order valence-corrected chi connectivity index (χ2v) is 3.62. The lowest BCUT2D eigenvalue weighted by Gasteiger charge is -2.06. The molecule has 2 rings (SSSR count). The summed E-state index contributed by atoms with van der Waals surface area (Å²) in [5.74, 6) is 0.299. The maximum atomic E-state index is 9.39. The van der Waals surface area contributed by atoms with Crippen molar-refractivity contribution in [1.82, 2.24) is 0 Å². The van der Waals surface area contributed by atoms with Gasteiger partial charge in [0.2, 0.25) is 0 Å². The number of benzene rings is 2. The largest absolute Gasteiger partial charge is 0.508 e. The summed E-state index contributed by atoms with van der Waals surface area (Å²) in [7, 11) is 0. The normalized spacial score (nSPS) is 10.2. The molecule has 0 saturated carbocycles. The Labute approximate surface area is 90.0 Å². The molecule has 1 radical (unpaired) electrons. The number of phenols is 1. The first-order chi connectivity index (χ1) is 7.25. The minimum Gasteiger partial charge on any atom is -0.508 e. The molecule has 1 nitrogen and oxygen atoms in total. The minimum absolute atomic E-state index is 0.299. The van der Waals surface area contributed by atoms with Gasteiger partial charge in [0.05, 0.1) is 0 Å². The highest BCUT2D eigenvalue weighted by molar-refractivity contribution is 5.39. The number of hydrogen-bond acceptors (Lipinski definition) is 1. The summed E-state index contributed by atoms with van der Waals surface area (Å²) in [4.78, 5) is 0. The first kappa shape index (κ1) is 9.78. The maximum absolute atomic E-state index is 9.39. The van der Waals surface area contributed by atoms with E-state index in [-0.39, 0.29) is 0 Å². The molecule has 0 atom stereocenters. The molecule has 2 aromatic carbocycles. The van der Waals surface area contributed by atoms with Crippen LogP contribution in [0.2, 0.25) is 0 Å². The summed E-state index contributed by atoms with van der Waals surface area (Å²) in [6, 6.07) is 15.4. The summed E-state index contributed by atoms with van der Waals surface area (Å²) in [6.07, 6.45) is 0.814. The van der Waals surface area contributed by atoms with Gasteiger partial charge < -0.3 is 5.11 Å². The molecule has 0 fully saturated rings. The van der Waals surface area contributed by atoms with Gasteiger partial charge in [-0.1, -0.05) is 36.4 Å². The molecule has 1 heteroatoms. The van der Waals surface area contributed by atoms with Crippen LogP contribution in [-0.4, -0.2) is 5.11 Å². The zero-order chi connectivity index (χ0) is 10.7. The van der Waals surface area contributed by atoms with Crippen molar-refractivity contribution in [3.63, 3.8) is 0 Å². The number of hydrogen-bond donors (Lipinski definition) is 1. The predicted octanol–water partition coefficient (Wildman–Crippen LogP) is 3.17. The molecule has 0 amide bonds. The smallest absolute Gasteiger partial charge is 0.115 e. The Morgan fingerprint density at radius 2 is 1.73 bits per heavy atom. The van der Waals surface area contributed by atoms with E-state index in [4.69, 9.17) is 0 Å². The minimum atomic E-state index is 0.299. The first-order valence-corrected chi connectivity index (χ1v) is 4.93. The molecular formula is C14H13O. The standard InChI is InChI=1S/C14H13O/c1-11-7-8-14(15)10-13(11)9-12-5-3-2-4-6-12/h2-8,10,15H,1,9H2. The van der Waals surface area contributed by atoms with Crippen LogP contribution in [0.15, 0.2) is 48.5 Å². The summed E-state index contributed by atoms with van der Waals surface area (Å²) < 4.78 is 0. The van der Waals surface area contributed by atoms with Crippen LogP contribution in [0.4, 0.5) is 0 Å². The fourth-order valence-corrected chi connectivity index (χ4v) is 1.59. The molecule has 0 saturated heterocycles. The summed E-state index contributed by atoms with van der Waals surface area (Å²) in [6.45, 7) is 3.95. The monoisotopic (exact) mass is 197 g/mol. The van der Waals surface area contributed by atoms with Crippen LogP contribution < -0.4 is 0 Å². The summed E-state index contributed by atoms with van der Waals surface area (Å²) in [5.41, 5.74) is 3.27. The Bertz CT molecular complexity index is 446. The van der Waals surface area contributed by atoms with E-state index < -0.39 is 0 Å². The lowest BCUT2D eigenvalue weighted by atomic mass is 10.0. The van der Waals surface area contributed by atoms with Gasteiger partial charge in [0.15, 0.2) is 0 Å².